The molecule has 1 atom stereocenters. The van der Waals surface area contributed by atoms with Gasteiger partial charge in [-0.3, -0.25) is 0 Å². The predicted octanol–water partition coefficient (Wildman–Crippen LogP) is 2.12. The van der Waals surface area contributed by atoms with Crippen LogP contribution in [-0.2, 0) is 4.74 Å². The summed E-state index contributed by atoms with van der Waals surface area (Å²) in [6.45, 7) is 7.17. The Morgan fingerprint density at radius 1 is 1.41 bits per heavy atom. The van der Waals surface area contributed by atoms with E-state index >= 15 is 0 Å². The Morgan fingerprint density at radius 2 is 2.06 bits per heavy atom. The molecule has 0 radical (unpaired) electrons. The molecular formula is C13H24N2O2. The van der Waals surface area contributed by atoms with Crippen molar-refractivity contribution >= 4 is 6.09 Å². The third-order valence-electron chi connectivity index (χ3n) is 3.81. The van der Waals surface area contributed by atoms with Crippen LogP contribution in [0.3, 0.4) is 0 Å². The molecular weight excluding hydrogens is 216 g/mol. The molecule has 1 unspecified atom stereocenters. The molecule has 2 N–H and O–H groups in total. The van der Waals surface area contributed by atoms with Crippen LogP contribution in [0.1, 0.15) is 46.5 Å². The molecule has 4 heteroatoms. The molecule has 2 fully saturated rings. The summed E-state index contributed by atoms with van der Waals surface area (Å²) in [6.07, 6.45) is 4.34. The van der Waals surface area contributed by atoms with Gasteiger partial charge in [0.1, 0.15) is 5.60 Å². The number of nitrogens with zero attached hydrogens (tertiary/aromatic N) is 1. The van der Waals surface area contributed by atoms with Gasteiger partial charge in [-0.15, -0.1) is 0 Å². The Kier molecular flexibility index (Phi) is 3.10. The van der Waals surface area contributed by atoms with Gasteiger partial charge in [-0.05, 0) is 58.9 Å². The van der Waals surface area contributed by atoms with E-state index in [-0.39, 0.29) is 11.6 Å². The van der Waals surface area contributed by atoms with Crippen molar-refractivity contribution in [2.45, 2.75) is 57.6 Å². The average molecular weight is 240 g/mol. The van der Waals surface area contributed by atoms with Crippen molar-refractivity contribution in [1.82, 2.24) is 4.90 Å². The average Bonchev–Trinajstić information content (AvgIpc) is 2.97. The van der Waals surface area contributed by atoms with Gasteiger partial charge in [0.25, 0.3) is 0 Å². The van der Waals surface area contributed by atoms with Crippen molar-refractivity contribution < 1.29 is 9.53 Å². The van der Waals surface area contributed by atoms with Crippen molar-refractivity contribution in [2.24, 2.45) is 11.7 Å². The van der Waals surface area contributed by atoms with Crippen LogP contribution in [0, 0.1) is 5.92 Å². The summed E-state index contributed by atoms with van der Waals surface area (Å²) in [6, 6.07) is 0. The van der Waals surface area contributed by atoms with Crippen LogP contribution >= 0.6 is 0 Å². The predicted molar refractivity (Wildman–Crippen MR) is 66.7 cm³/mol. The number of rotatable bonds is 1. The zero-order valence-electron chi connectivity index (χ0n) is 11.2. The molecule has 4 nitrogen and oxygen atoms in total. The highest BCUT2D eigenvalue weighted by Gasteiger charge is 2.53. The van der Waals surface area contributed by atoms with E-state index in [1.807, 2.05) is 25.7 Å². The molecule has 0 bridgehead atoms. The van der Waals surface area contributed by atoms with Gasteiger partial charge in [0.15, 0.2) is 0 Å². The molecule has 2 aliphatic rings. The molecule has 0 aromatic carbocycles. The number of ether oxygens (including phenoxy) is 1. The van der Waals surface area contributed by atoms with Crippen LogP contribution in [-0.4, -0.2) is 35.2 Å². The number of carbonyl (C=O) groups excluding carboxylic acids is 1. The number of hydrogen-bond donors (Lipinski definition) is 1. The van der Waals surface area contributed by atoms with E-state index in [9.17, 15) is 4.79 Å². The van der Waals surface area contributed by atoms with Crippen molar-refractivity contribution in [1.29, 1.82) is 0 Å². The third kappa shape index (κ3) is 2.73. The second-order valence-corrected chi connectivity index (χ2v) is 6.46. The lowest BCUT2D eigenvalue weighted by Gasteiger charge is -2.40. The minimum Gasteiger partial charge on any atom is -0.444 e. The van der Waals surface area contributed by atoms with Gasteiger partial charge < -0.3 is 15.4 Å². The van der Waals surface area contributed by atoms with E-state index in [2.05, 4.69) is 0 Å². The Morgan fingerprint density at radius 3 is 2.53 bits per heavy atom. The lowest BCUT2D eigenvalue weighted by Crippen LogP contribution is -2.51. The maximum Gasteiger partial charge on any atom is 0.410 e. The molecule has 0 aromatic heterocycles. The fourth-order valence-corrected chi connectivity index (χ4v) is 2.59. The highest BCUT2D eigenvalue weighted by molar-refractivity contribution is 5.70. The van der Waals surface area contributed by atoms with Gasteiger partial charge in [0.05, 0.1) is 0 Å². The molecule has 1 saturated heterocycles. The molecule has 1 aliphatic heterocycles. The minimum atomic E-state index is -0.414. The van der Waals surface area contributed by atoms with Crippen molar-refractivity contribution in [2.75, 3.05) is 13.1 Å². The number of nitrogens with two attached hydrogens (primary N) is 1. The smallest absolute Gasteiger partial charge is 0.410 e. The molecule has 2 rings (SSSR count). The summed E-state index contributed by atoms with van der Waals surface area (Å²) in [4.78, 5) is 14.1. The van der Waals surface area contributed by atoms with Crippen LogP contribution in [0.2, 0.25) is 0 Å². The van der Waals surface area contributed by atoms with E-state index in [0.29, 0.717) is 12.5 Å². The lowest BCUT2D eigenvalue weighted by atomic mass is 9.91. The number of hydrogen-bond acceptors (Lipinski definition) is 3. The highest BCUT2D eigenvalue weighted by Crippen LogP contribution is 2.49. The zero-order valence-corrected chi connectivity index (χ0v) is 11.2. The van der Waals surface area contributed by atoms with Crippen LogP contribution in [0.5, 0.6) is 0 Å². The summed E-state index contributed by atoms with van der Waals surface area (Å²) in [7, 11) is 0. The summed E-state index contributed by atoms with van der Waals surface area (Å²) in [5.74, 6) is 0.439. The van der Waals surface area contributed by atoms with E-state index in [1.165, 1.54) is 0 Å². The van der Waals surface area contributed by atoms with Crippen LogP contribution in [0.25, 0.3) is 0 Å². The van der Waals surface area contributed by atoms with E-state index in [1.54, 1.807) is 0 Å². The molecule has 17 heavy (non-hydrogen) atoms. The summed E-state index contributed by atoms with van der Waals surface area (Å²) in [5.41, 5.74) is 5.43. The molecule has 1 amide bonds. The molecule has 1 heterocycles. The van der Waals surface area contributed by atoms with Crippen LogP contribution < -0.4 is 5.73 Å². The fraction of sp³-hybridized carbons (Fsp3) is 0.923. The number of likely N-dealkylation sites (tertiary alicyclic amines) is 1. The maximum atomic E-state index is 12.2. The largest absolute Gasteiger partial charge is 0.444 e. The topological polar surface area (TPSA) is 55.6 Å². The van der Waals surface area contributed by atoms with Crippen molar-refractivity contribution in [3.05, 3.63) is 0 Å². The second kappa shape index (κ2) is 4.16. The second-order valence-electron chi connectivity index (χ2n) is 6.46. The van der Waals surface area contributed by atoms with Gasteiger partial charge in [0.2, 0.25) is 0 Å². The van der Waals surface area contributed by atoms with E-state index in [4.69, 9.17) is 10.5 Å². The normalized spacial score (nSPS) is 27.1. The Labute approximate surface area is 103 Å². The first-order chi connectivity index (χ1) is 7.86. The Balaban J connectivity index is 2.03. The Hall–Kier alpha value is -0.770. The van der Waals surface area contributed by atoms with Crippen LogP contribution in [0.15, 0.2) is 0 Å². The standard InChI is InChI=1S/C13H24N2O2/c1-12(2,3)17-11(16)15-9-10(8-14)4-5-13(15)6-7-13/h10H,4-9,14H2,1-3H3. The first-order valence-corrected chi connectivity index (χ1v) is 6.57. The molecule has 0 aromatic rings. The quantitative estimate of drug-likeness (QED) is 0.764. The highest BCUT2D eigenvalue weighted by atomic mass is 16.6. The minimum absolute atomic E-state index is 0.119. The fourth-order valence-electron chi connectivity index (χ4n) is 2.59. The molecule has 1 saturated carbocycles. The van der Waals surface area contributed by atoms with Crippen molar-refractivity contribution in [3.63, 3.8) is 0 Å². The first kappa shape index (κ1) is 12.7. The number of carbonyl (C=O) groups is 1. The van der Waals surface area contributed by atoms with Gasteiger partial charge in [-0.1, -0.05) is 0 Å². The first-order valence-electron chi connectivity index (χ1n) is 6.57. The Bertz CT molecular complexity index is 305. The van der Waals surface area contributed by atoms with Crippen molar-refractivity contribution in [3.8, 4) is 0 Å². The number of piperidine rings is 1. The zero-order chi connectivity index (χ0) is 12.7. The summed E-state index contributed by atoms with van der Waals surface area (Å²) >= 11 is 0. The molecule has 1 aliphatic carbocycles. The third-order valence-corrected chi connectivity index (χ3v) is 3.81. The molecule has 1 spiro atoms. The summed E-state index contributed by atoms with van der Waals surface area (Å²) in [5, 5.41) is 0. The SMILES string of the molecule is CC(C)(C)OC(=O)N1CC(CN)CCC12CC2. The monoisotopic (exact) mass is 240 g/mol. The summed E-state index contributed by atoms with van der Waals surface area (Å²) < 4.78 is 5.49. The number of amides is 1. The van der Waals surface area contributed by atoms with E-state index < -0.39 is 5.60 Å². The lowest BCUT2D eigenvalue weighted by molar-refractivity contribution is -0.00118. The van der Waals surface area contributed by atoms with Crippen LogP contribution in [0.4, 0.5) is 4.79 Å². The van der Waals surface area contributed by atoms with E-state index in [0.717, 1.165) is 32.2 Å². The van der Waals surface area contributed by atoms with Gasteiger partial charge >= 0.3 is 6.09 Å². The van der Waals surface area contributed by atoms with Gasteiger partial charge in [-0.25, -0.2) is 4.79 Å². The van der Waals surface area contributed by atoms with Gasteiger partial charge in [0, 0.05) is 12.1 Å². The van der Waals surface area contributed by atoms with Gasteiger partial charge in [-0.2, -0.15) is 0 Å². The molecule has 98 valence electrons. The maximum absolute atomic E-state index is 12.2.